The van der Waals surface area contributed by atoms with Crippen LogP contribution in [0.1, 0.15) is 12.2 Å². The number of nitrogens with zero attached hydrogens (tertiary/aromatic N) is 1. The third-order valence-corrected chi connectivity index (χ3v) is 2.88. The van der Waals surface area contributed by atoms with Crippen LogP contribution in [0.25, 0.3) is 0 Å². The van der Waals surface area contributed by atoms with Crippen LogP contribution in [-0.4, -0.2) is 41.4 Å². The summed E-state index contributed by atoms with van der Waals surface area (Å²) in [5.41, 5.74) is 0. The highest BCUT2D eigenvalue weighted by atomic mass is 16.3. The molecular weight excluding hydrogens is 222 g/mol. The fourth-order valence-corrected chi connectivity index (χ4v) is 2.02. The lowest BCUT2D eigenvalue weighted by atomic mass is 10.0. The molecule has 0 spiro atoms. The minimum Gasteiger partial charge on any atom is -0.469 e. The molecular formula is C12H15NO4. The van der Waals surface area contributed by atoms with E-state index in [1.807, 2.05) is 6.07 Å². The molecule has 1 atom stereocenters. The lowest BCUT2D eigenvalue weighted by molar-refractivity contribution is -0.128. The molecule has 0 radical (unpaired) electrons. The number of likely N-dealkylation sites (tertiary alicyclic amines) is 1. The second kappa shape index (κ2) is 5.14. The van der Waals surface area contributed by atoms with Gasteiger partial charge in [-0.05, 0) is 12.1 Å². The average molecular weight is 237 g/mol. The number of ketones is 1. The van der Waals surface area contributed by atoms with Gasteiger partial charge < -0.3 is 14.4 Å². The van der Waals surface area contributed by atoms with Crippen molar-refractivity contribution in [3.63, 3.8) is 0 Å². The van der Waals surface area contributed by atoms with Gasteiger partial charge in [-0.2, -0.15) is 0 Å². The van der Waals surface area contributed by atoms with Crippen molar-refractivity contribution in [3.05, 3.63) is 24.2 Å². The van der Waals surface area contributed by atoms with E-state index in [1.54, 1.807) is 12.3 Å². The summed E-state index contributed by atoms with van der Waals surface area (Å²) in [5, 5.41) is 9.27. The molecule has 92 valence electrons. The number of aliphatic hydroxyl groups excluding tert-OH is 1. The first-order valence-corrected chi connectivity index (χ1v) is 5.61. The third-order valence-electron chi connectivity index (χ3n) is 2.88. The van der Waals surface area contributed by atoms with E-state index >= 15 is 0 Å². The SMILES string of the molecule is O=C1CC(=O)N(CC(CO)Cc2ccco2)C1. The van der Waals surface area contributed by atoms with Crippen molar-refractivity contribution in [2.24, 2.45) is 5.92 Å². The van der Waals surface area contributed by atoms with Crippen LogP contribution in [0.2, 0.25) is 0 Å². The van der Waals surface area contributed by atoms with Gasteiger partial charge in [0, 0.05) is 25.5 Å². The first-order valence-electron chi connectivity index (χ1n) is 5.61. The van der Waals surface area contributed by atoms with Crippen LogP contribution in [0.4, 0.5) is 0 Å². The normalized spacial score (nSPS) is 17.8. The Hall–Kier alpha value is -1.62. The number of rotatable bonds is 5. The molecule has 0 bridgehead atoms. The lowest BCUT2D eigenvalue weighted by Crippen LogP contribution is -2.33. The van der Waals surface area contributed by atoms with E-state index in [0.717, 1.165) is 5.76 Å². The van der Waals surface area contributed by atoms with Gasteiger partial charge in [-0.15, -0.1) is 0 Å². The van der Waals surface area contributed by atoms with E-state index in [9.17, 15) is 14.7 Å². The molecule has 1 aliphatic rings. The van der Waals surface area contributed by atoms with Gasteiger partial charge in [-0.3, -0.25) is 9.59 Å². The van der Waals surface area contributed by atoms with Gasteiger partial charge in [0.2, 0.25) is 5.91 Å². The zero-order valence-corrected chi connectivity index (χ0v) is 9.46. The quantitative estimate of drug-likeness (QED) is 0.744. The molecule has 1 aliphatic heterocycles. The van der Waals surface area contributed by atoms with E-state index in [-0.39, 0.29) is 37.2 Å². The minimum absolute atomic E-state index is 0.00109. The van der Waals surface area contributed by atoms with Crippen LogP contribution >= 0.6 is 0 Å². The molecule has 5 nitrogen and oxygen atoms in total. The molecule has 0 aromatic carbocycles. The number of carbonyl (C=O) groups is 2. The van der Waals surface area contributed by atoms with E-state index in [0.29, 0.717) is 13.0 Å². The first-order chi connectivity index (χ1) is 8.19. The van der Waals surface area contributed by atoms with Gasteiger partial charge >= 0.3 is 0 Å². The number of furan rings is 1. The number of amides is 1. The fraction of sp³-hybridized carbons (Fsp3) is 0.500. The fourth-order valence-electron chi connectivity index (χ4n) is 2.02. The van der Waals surface area contributed by atoms with E-state index in [4.69, 9.17) is 4.42 Å². The molecule has 0 aliphatic carbocycles. The average Bonchev–Trinajstić information content (AvgIpc) is 2.88. The topological polar surface area (TPSA) is 70.8 Å². The monoisotopic (exact) mass is 237 g/mol. The molecule has 1 N–H and O–H groups in total. The molecule has 17 heavy (non-hydrogen) atoms. The number of Topliss-reactive ketones (excluding diaryl/α,β-unsaturated/α-hetero) is 1. The highest BCUT2D eigenvalue weighted by Gasteiger charge is 2.29. The summed E-state index contributed by atoms with van der Waals surface area (Å²) >= 11 is 0. The Kier molecular flexibility index (Phi) is 3.58. The summed E-state index contributed by atoms with van der Waals surface area (Å²) < 4.78 is 5.20. The summed E-state index contributed by atoms with van der Waals surface area (Å²) in [7, 11) is 0. The van der Waals surface area contributed by atoms with Crippen LogP contribution in [0.3, 0.4) is 0 Å². The van der Waals surface area contributed by atoms with Crippen molar-refractivity contribution < 1.29 is 19.1 Å². The molecule has 1 aromatic rings. The van der Waals surface area contributed by atoms with Crippen molar-refractivity contribution >= 4 is 11.7 Å². The molecule has 1 unspecified atom stereocenters. The Morgan fingerprint density at radius 1 is 1.47 bits per heavy atom. The third kappa shape index (κ3) is 2.94. The van der Waals surface area contributed by atoms with Gasteiger partial charge in [0.25, 0.3) is 0 Å². The van der Waals surface area contributed by atoms with Crippen LogP contribution in [0, 0.1) is 5.92 Å². The van der Waals surface area contributed by atoms with Gasteiger partial charge in [-0.1, -0.05) is 0 Å². The molecule has 1 saturated heterocycles. The van der Waals surface area contributed by atoms with Crippen molar-refractivity contribution in [1.82, 2.24) is 4.90 Å². The van der Waals surface area contributed by atoms with Crippen molar-refractivity contribution in [2.45, 2.75) is 12.8 Å². The highest BCUT2D eigenvalue weighted by Crippen LogP contribution is 2.14. The van der Waals surface area contributed by atoms with Crippen molar-refractivity contribution in [3.8, 4) is 0 Å². The van der Waals surface area contributed by atoms with Crippen molar-refractivity contribution in [1.29, 1.82) is 0 Å². The van der Waals surface area contributed by atoms with Crippen LogP contribution < -0.4 is 0 Å². The number of hydrogen-bond donors (Lipinski definition) is 1. The van der Waals surface area contributed by atoms with Crippen LogP contribution in [0.5, 0.6) is 0 Å². The Labute approximate surface area is 99.0 Å². The number of hydrogen-bond acceptors (Lipinski definition) is 4. The Balaban J connectivity index is 1.91. The lowest BCUT2D eigenvalue weighted by Gasteiger charge is -2.20. The molecule has 2 heterocycles. The number of carbonyl (C=O) groups excluding carboxylic acids is 2. The summed E-state index contributed by atoms with van der Waals surface area (Å²) in [5.74, 6) is 0.496. The summed E-state index contributed by atoms with van der Waals surface area (Å²) in [4.78, 5) is 24.1. The molecule has 1 fully saturated rings. The maximum atomic E-state index is 11.4. The maximum absolute atomic E-state index is 11.4. The second-order valence-corrected chi connectivity index (χ2v) is 4.32. The van der Waals surface area contributed by atoms with Crippen LogP contribution in [0.15, 0.2) is 22.8 Å². The highest BCUT2D eigenvalue weighted by molar-refractivity contribution is 6.05. The Morgan fingerprint density at radius 3 is 2.82 bits per heavy atom. The van der Waals surface area contributed by atoms with Crippen LogP contribution in [-0.2, 0) is 16.0 Å². The predicted octanol–water partition coefficient (Wildman–Crippen LogP) is 0.232. The predicted molar refractivity (Wildman–Crippen MR) is 59.2 cm³/mol. The number of aliphatic hydroxyl groups is 1. The van der Waals surface area contributed by atoms with E-state index in [1.165, 1.54) is 4.90 Å². The van der Waals surface area contributed by atoms with Gasteiger partial charge in [0.1, 0.15) is 5.76 Å². The summed E-state index contributed by atoms with van der Waals surface area (Å²) in [6.07, 6.45) is 2.15. The van der Waals surface area contributed by atoms with E-state index < -0.39 is 0 Å². The Bertz CT molecular complexity index is 399. The maximum Gasteiger partial charge on any atom is 0.230 e. The summed E-state index contributed by atoms with van der Waals surface area (Å²) in [6.45, 7) is 0.550. The zero-order valence-electron chi connectivity index (χ0n) is 9.46. The van der Waals surface area contributed by atoms with Gasteiger partial charge in [-0.25, -0.2) is 0 Å². The zero-order chi connectivity index (χ0) is 12.3. The molecule has 2 rings (SSSR count). The van der Waals surface area contributed by atoms with Crippen molar-refractivity contribution in [2.75, 3.05) is 19.7 Å². The van der Waals surface area contributed by atoms with E-state index in [2.05, 4.69) is 0 Å². The minimum atomic E-state index is -0.145. The molecule has 1 aromatic heterocycles. The van der Waals surface area contributed by atoms with Gasteiger partial charge in [0.15, 0.2) is 5.78 Å². The standard InChI is InChI=1S/C12H15NO4/c14-8-9(4-11-2-1-3-17-11)6-13-7-10(15)5-12(13)16/h1-3,9,14H,4-8H2. The molecule has 0 saturated carbocycles. The molecule has 5 heteroatoms. The smallest absolute Gasteiger partial charge is 0.230 e. The van der Waals surface area contributed by atoms with Gasteiger partial charge in [0.05, 0.1) is 19.2 Å². The molecule has 1 amide bonds. The first kappa shape index (κ1) is 11.9. The second-order valence-electron chi connectivity index (χ2n) is 4.32. The summed E-state index contributed by atoms with van der Waals surface area (Å²) in [6, 6.07) is 3.62. The largest absolute Gasteiger partial charge is 0.469 e. The Morgan fingerprint density at radius 2 is 2.29 bits per heavy atom.